The zero-order valence-electron chi connectivity index (χ0n) is 14.7. The number of anilines is 1. The predicted octanol–water partition coefficient (Wildman–Crippen LogP) is 3.05. The average molecular weight is 354 g/mol. The number of hydrogen-bond acceptors (Lipinski definition) is 4. The second-order valence-electron chi connectivity index (χ2n) is 6.07. The average Bonchev–Trinajstić information content (AvgIpc) is 2.95. The molecule has 3 aromatic rings. The summed E-state index contributed by atoms with van der Waals surface area (Å²) in [5, 5.41) is 3.81. The normalized spacial score (nSPS) is 10.8. The van der Waals surface area contributed by atoms with Crippen molar-refractivity contribution in [2.45, 2.75) is 11.7 Å². The molecule has 0 unspecified atom stereocenters. The molecule has 2 aromatic carbocycles. The van der Waals surface area contributed by atoms with Crippen LogP contribution in [0, 0.1) is 0 Å². The lowest BCUT2D eigenvalue weighted by Crippen LogP contribution is -2.24. The Hall–Kier alpha value is -2.47. The molecule has 0 aliphatic carbocycles. The zero-order valence-corrected chi connectivity index (χ0v) is 15.5. The third-order valence-electron chi connectivity index (χ3n) is 4.02. The predicted molar refractivity (Wildman–Crippen MR) is 104 cm³/mol. The molecule has 0 fully saturated rings. The summed E-state index contributed by atoms with van der Waals surface area (Å²) in [6.07, 6.45) is 0. The fourth-order valence-electron chi connectivity index (χ4n) is 2.55. The molecular weight excluding hydrogens is 332 g/mol. The van der Waals surface area contributed by atoms with Crippen molar-refractivity contribution in [3.05, 3.63) is 54.1 Å². The second-order valence-corrected chi connectivity index (χ2v) is 7.01. The van der Waals surface area contributed by atoms with Crippen LogP contribution in [0.1, 0.15) is 5.56 Å². The van der Waals surface area contributed by atoms with E-state index >= 15 is 0 Å². The quantitative estimate of drug-likeness (QED) is 0.691. The van der Waals surface area contributed by atoms with Gasteiger partial charge in [-0.25, -0.2) is 4.98 Å². The molecule has 25 heavy (non-hydrogen) atoms. The van der Waals surface area contributed by atoms with E-state index in [0.717, 1.165) is 27.4 Å². The fraction of sp³-hybridized carbons (Fsp3) is 0.263. The summed E-state index contributed by atoms with van der Waals surface area (Å²) in [5.41, 5.74) is 4.26. The Kier molecular flexibility index (Phi) is 5.28. The molecule has 0 aliphatic rings. The largest absolute Gasteiger partial charge is 0.378 e. The van der Waals surface area contributed by atoms with Crippen molar-refractivity contribution >= 4 is 34.4 Å². The van der Waals surface area contributed by atoms with Gasteiger partial charge in [-0.05, 0) is 29.8 Å². The summed E-state index contributed by atoms with van der Waals surface area (Å²) in [5.74, 6) is 0.362. The minimum Gasteiger partial charge on any atom is -0.378 e. The van der Waals surface area contributed by atoms with Gasteiger partial charge in [0.05, 0.1) is 16.8 Å². The molecule has 1 N–H and O–H groups in total. The first-order valence-electron chi connectivity index (χ1n) is 8.12. The number of aromatic nitrogens is 2. The summed E-state index contributed by atoms with van der Waals surface area (Å²) in [6.45, 7) is 0.537. The molecule has 1 aromatic heterocycles. The monoisotopic (exact) mass is 354 g/mol. The minimum atomic E-state index is 0.00809. The molecule has 1 heterocycles. The summed E-state index contributed by atoms with van der Waals surface area (Å²) < 4.78 is 2.02. The van der Waals surface area contributed by atoms with Crippen molar-refractivity contribution < 1.29 is 4.79 Å². The first kappa shape index (κ1) is 17.4. The van der Waals surface area contributed by atoms with Crippen molar-refractivity contribution in [1.82, 2.24) is 14.9 Å². The van der Waals surface area contributed by atoms with Gasteiger partial charge in [0.25, 0.3) is 0 Å². The minimum absolute atomic E-state index is 0.00809. The van der Waals surface area contributed by atoms with Crippen LogP contribution < -0.4 is 10.2 Å². The Morgan fingerprint density at radius 1 is 1.16 bits per heavy atom. The van der Waals surface area contributed by atoms with E-state index < -0.39 is 0 Å². The number of fused-ring (bicyclic) bond motifs is 1. The van der Waals surface area contributed by atoms with E-state index in [9.17, 15) is 4.79 Å². The number of amides is 1. The lowest BCUT2D eigenvalue weighted by Gasteiger charge is -2.12. The van der Waals surface area contributed by atoms with E-state index in [2.05, 4.69) is 27.3 Å². The lowest BCUT2D eigenvalue weighted by molar-refractivity contribution is -0.118. The standard InChI is InChI=1S/C19H22N4OS/c1-22(2)15-10-8-14(9-11-15)12-20-18(24)13-25-19-21-16-6-4-5-7-17(16)23(19)3/h4-11H,12-13H2,1-3H3,(H,20,24). The van der Waals surface area contributed by atoms with Gasteiger partial charge in [0, 0.05) is 33.4 Å². The van der Waals surface area contributed by atoms with Crippen molar-refractivity contribution in [2.24, 2.45) is 7.05 Å². The molecule has 0 radical (unpaired) electrons. The molecule has 0 bridgehead atoms. The van der Waals surface area contributed by atoms with Crippen LogP contribution in [0.2, 0.25) is 0 Å². The summed E-state index contributed by atoms with van der Waals surface area (Å²) >= 11 is 1.46. The highest BCUT2D eigenvalue weighted by Gasteiger charge is 2.10. The van der Waals surface area contributed by atoms with Crippen molar-refractivity contribution in [1.29, 1.82) is 0 Å². The molecule has 0 aliphatic heterocycles. The van der Waals surface area contributed by atoms with Gasteiger partial charge in [-0.1, -0.05) is 36.0 Å². The molecule has 3 rings (SSSR count). The van der Waals surface area contributed by atoms with Crippen LogP contribution in [-0.2, 0) is 18.4 Å². The summed E-state index contributed by atoms with van der Waals surface area (Å²) in [4.78, 5) is 18.7. The molecule has 5 nitrogen and oxygen atoms in total. The Balaban J connectivity index is 1.53. The van der Waals surface area contributed by atoms with Crippen molar-refractivity contribution in [3.63, 3.8) is 0 Å². The van der Waals surface area contributed by atoms with Gasteiger partial charge < -0.3 is 14.8 Å². The number of rotatable bonds is 6. The van der Waals surface area contributed by atoms with Gasteiger partial charge in [-0.3, -0.25) is 4.79 Å². The molecule has 0 spiro atoms. The van der Waals surface area contributed by atoms with Crippen LogP contribution in [0.25, 0.3) is 11.0 Å². The van der Waals surface area contributed by atoms with Crippen LogP contribution in [0.5, 0.6) is 0 Å². The maximum Gasteiger partial charge on any atom is 0.230 e. The highest BCUT2D eigenvalue weighted by atomic mass is 32.2. The zero-order chi connectivity index (χ0) is 17.8. The Morgan fingerprint density at radius 3 is 2.56 bits per heavy atom. The van der Waals surface area contributed by atoms with E-state index in [0.29, 0.717) is 12.3 Å². The molecule has 1 amide bonds. The van der Waals surface area contributed by atoms with Crippen molar-refractivity contribution in [3.8, 4) is 0 Å². The summed E-state index contributed by atoms with van der Waals surface area (Å²) in [6, 6.07) is 16.2. The summed E-state index contributed by atoms with van der Waals surface area (Å²) in [7, 11) is 5.99. The van der Waals surface area contributed by atoms with E-state index in [1.165, 1.54) is 11.8 Å². The molecule has 6 heteroatoms. The molecular formula is C19H22N4OS. The van der Waals surface area contributed by atoms with Gasteiger partial charge in [-0.15, -0.1) is 0 Å². The molecule has 130 valence electrons. The fourth-order valence-corrected chi connectivity index (χ4v) is 3.36. The highest BCUT2D eigenvalue weighted by Crippen LogP contribution is 2.22. The maximum absolute atomic E-state index is 12.1. The first-order valence-corrected chi connectivity index (χ1v) is 9.10. The van der Waals surface area contributed by atoms with E-state index in [1.807, 2.05) is 62.1 Å². The number of imidazole rings is 1. The number of carbonyl (C=O) groups excluding carboxylic acids is 1. The van der Waals surface area contributed by atoms with E-state index in [4.69, 9.17) is 0 Å². The number of nitrogens with one attached hydrogen (secondary N) is 1. The number of hydrogen-bond donors (Lipinski definition) is 1. The molecule has 0 saturated carbocycles. The Labute approximate surface area is 152 Å². The van der Waals surface area contributed by atoms with Crippen LogP contribution in [-0.4, -0.2) is 35.3 Å². The first-order chi connectivity index (χ1) is 12.0. The number of thioether (sulfide) groups is 1. The third kappa shape index (κ3) is 4.14. The number of nitrogens with zero attached hydrogens (tertiary/aromatic N) is 3. The highest BCUT2D eigenvalue weighted by molar-refractivity contribution is 7.99. The smallest absolute Gasteiger partial charge is 0.230 e. The van der Waals surface area contributed by atoms with E-state index in [-0.39, 0.29) is 5.91 Å². The molecule has 0 saturated heterocycles. The Morgan fingerprint density at radius 2 is 1.88 bits per heavy atom. The number of benzene rings is 2. The number of carbonyl (C=O) groups is 1. The van der Waals surface area contributed by atoms with Crippen LogP contribution >= 0.6 is 11.8 Å². The second kappa shape index (κ2) is 7.61. The Bertz CT molecular complexity index is 871. The van der Waals surface area contributed by atoms with Crippen LogP contribution in [0.15, 0.2) is 53.7 Å². The van der Waals surface area contributed by atoms with Gasteiger partial charge in [0.15, 0.2) is 5.16 Å². The number of aryl methyl sites for hydroxylation is 1. The lowest BCUT2D eigenvalue weighted by atomic mass is 10.2. The maximum atomic E-state index is 12.1. The van der Waals surface area contributed by atoms with Gasteiger partial charge >= 0.3 is 0 Å². The molecule has 0 atom stereocenters. The SMILES string of the molecule is CN(C)c1ccc(CNC(=O)CSc2nc3ccccc3n2C)cc1. The number of para-hydroxylation sites is 2. The van der Waals surface area contributed by atoms with Gasteiger partial charge in [0.1, 0.15) is 0 Å². The van der Waals surface area contributed by atoms with E-state index in [1.54, 1.807) is 0 Å². The van der Waals surface area contributed by atoms with Crippen molar-refractivity contribution in [2.75, 3.05) is 24.7 Å². The van der Waals surface area contributed by atoms with Gasteiger partial charge in [0.2, 0.25) is 5.91 Å². The topological polar surface area (TPSA) is 50.2 Å². The third-order valence-corrected chi connectivity index (χ3v) is 5.05. The van der Waals surface area contributed by atoms with Crippen LogP contribution in [0.3, 0.4) is 0 Å². The van der Waals surface area contributed by atoms with Crippen LogP contribution in [0.4, 0.5) is 5.69 Å². The van der Waals surface area contributed by atoms with Gasteiger partial charge in [-0.2, -0.15) is 0 Å².